The fraction of sp³-hybridized carbons (Fsp3) is 0.273. The lowest BCUT2D eigenvalue weighted by Crippen LogP contribution is -2.36. The molecular weight excluding hydrogens is 365 g/mol. The molecule has 0 aliphatic carbocycles. The zero-order valence-electron chi connectivity index (χ0n) is 15.8. The van der Waals surface area contributed by atoms with Crippen LogP contribution in [0.15, 0.2) is 54.6 Å². The Bertz CT molecular complexity index is 988. The number of nitrogens with zero attached hydrogens (tertiary/aromatic N) is 4. The highest BCUT2D eigenvalue weighted by molar-refractivity contribution is 7.27. The van der Waals surface area contributed by atoms with E-state index in [0.717, 1.165) is 43.3 Å². The van der Waals surface area contributed by atoms with E-state index in [-0.39, 0.29) is 6.04 Å². The summed E-state index contributed by atoms with van der Waals surface area (Å²) in [6.07, 6.45) is 2.11. The van der Waals surface area contributed by atoms with Gasteiger partial charge in [-0.25, -0.2) is 4.68 Å². The Hall–Kier alpha value is -2.67. The molecule has 2 heterocycles. The Labute approximate surface area is 168 Å². The normalized spacial score (nSPS) is 17.4. The van der Waals surface area contributed by atoms with E-state index in [1.807, 2.05) is 35.0 Å². The monoisotopic (exact) mass is 389 g/mol. The van der Waals surface area contributed by atoms with Gasteiger partial charge in [0.15, 0.2) is 0 Å². The smallest absolute Gasteiger partial charge is 0.140 e. The third-order valence-electron chi connectivity index (χ3n) is 5.32. The first-order valence-electron chi connectivity index (χ1n) is 9.56. The minimum atomic E-state index is 0.180. The zero-order chi connectivity index (χ0) is 19.5. The molecule has 2 aromatic carbocycles. The van der Waals surface area contributed by atoms with Crippen molar-refractivity contribution in [1.29, 1.82) is 5.26 Å². The van der Waals surface area contributed by atoms with Crippen LogP contribution in [-0.2, 0) is 6.54 Å². The van der Waals surface area contributed by atoms with E-state index in [0.29, 0.717) is 17.1 Å². The summed E-state index contributed by atoms with van der Waals surface area (Å²) in [5.74, 6) is 0.471. The van der Waals surface area contributed by atoms with Gasteiger partial charge in [-0.3, -0.25) is 4.90 Å². The molecule has 2 N–H and O–H groups in total. The quantitative estimate of drug-likeness (QED) is 0.695. The predicted octanol–water partition coefficient (Wildman–Crippen LogP) is 3.34. The number of anilines is 1. The molecule has 3 aromatic rings. The van der Waals surface area contributed by atoms with Gasteiger partial charge in [0, 0.05) is 18.7 Å². The Morgan fingerprint density at radius 1 is 1.14 bits per heavy atom. The molecule has 2 atom stereocenters. The molecule has 1 aliphatic heterocycles. The van der Waals surface area contributed by atoms with Gasteiger partial charge in [-0.1, -0.05) is 54.6 Å². The molecule has 0 spiro atoms. The summed E-state index contributed by atoms with van der Waals surface area (Å²) in [6.45, 7) is 2.88. The number of hydrogen-bond donors (Lipinski definition) is 1. The second-order valence-electron chi connectivity index (χ2n) is 7.30. The predicted molar refractivity (Wildman–Crippen MR) is 116 cm³/mol. The van der Waals surface area contributed by atoms with Gasteiger partial charge in [-0.05, 0) is 30.3 Å². The maximum absolute atomic E-state index is 9.68. The summed E-state index contributed by atoms with van der Waals surface area (Å²) in [5.41, 5.74) is 9.74. The third kappa shape index (κ3) is 3.80. The number of nitrogen functional groups attached to an aromatic ring is 1. The van der Waals surface area contributed by atoms with E-state index >= 15 is 0 Å². The summed E-state index contributed by atoms with van der Waals surface area (Å²) in [5, 5.41) is 15.6. The lowest BCUT2D eigenvalue weighted by molar-refractivity contribution is 0.164. The molecule has 4 rings (SSSR count). The zero-order valence-corrected chi connectivity index (χ0v) is 16.9. The Kier molecular flexibility index (Phi) is 5.43. The average Bonchev–Trinajstić information content (AvgIpc) is 3.06. The number of hydrogen-bond acceptors (Lipinski definition) is 4. The summed E-state index contributed by atoms with van der Waals surface area (Å²) >= 11 is 0. The number of piperidine rings is 1. The van der Waals surface area contributed by atoms with Crippen molar-refractivity contribution in [1.82, 2.24) is 14.7 Å². The second-order valence-corrected chi connectivity index (χ2v) is 7.97. The maximum Gasteiger partial charge on any atom is 0.140 e. The van der Waals surface area contributed by atoms with Crippen molar-refractivity contribution in [2.24, 2.45) is 0 Å². The van der Waals surface area contributed by atoms with Crippen LogP contribution < -0.4 is 11.0 Å². The fourth-order valence-electron chi connectivity index (χ4n) is 3.90. The number of likely N-dealkylation sites (tertiary alicyclic amines) is 1. The van der Waals surface area contributed by atoms with Gasteiger partial charge in [-0.2, -0.15) is 10.4 Å². The molecule has 28 heavy (non-hydrogen) atoms. The van der Waals surface area contributed by atoms with Crippen LogP contribution in [0, 0.1) is 11.3 Å². The minimum Gasteiger partial charge on any atom is -0.383 e. The molecule has 0 amide bonds. The molecule has 0 bridgehead atoms. The van der Waals surface area contributed by atoms with E-state index in [9.17, 15) is 5.26 Å². The maximum atomic E-state index is 9.68. The van der Waals surface area contributed by atoms with Crippen LogP contribution in [0.1, 0.15) is 30.0 Å². The van der Waals surface area contributed by atoms with E-state index in [1.165, 1.54) is 5.56 Å². The van der Waals surface area contributed by atoms with Gasteiger partial charge < -0.3 is 5.73 Å². The Morgan fingerprint density at radius 2 is 1.89 bits per heavy atom. The average molecular weight is 389 g/mol. The molecule has 1 saturated heterocycles. The van der Waals surface area contributed by atoms with Gasteiger partial charge in [0.1, 0.15) is 23.1 Å². The molecule has 2 unspecified atom stereocenters. The molecule has 1 aromatic heterocycles. The Morgan fingerprint density at radius 3 is 2.61 bits per heavy atom. The topological polar surface area (TPSA) is 70.9 Å². The molecular formula is C22H24N5P. The molecule has 142 valence electrons. The van der Waals surface area contributed by atoms with E-state index < -0.39 is 0 Å². The van der Waals surface area contributed by atoms with E-state index in [4.69, 9.17) is 10.8 Å². The van der Waals surface area contributed by atoms with Crippen molar-refractivity contribution in [3.05, 3.63) is 65.7 Å². The van der Waals surface area contributed by atoms with Gasteiger partial charge in [-0.15, -0.1) is 9.24 Å². The lowest BCUT2D eigenvalue weighted by atomic mass is 10.0. The highest BCUT2D eigenvalue weighted by atomic mass is 31.0. The van der Waals surface area contributed by atoms with Crippen LogP contribution in [0.3, 0.4) is 0 Å². The first-order valence-corrected chi connectivity index (χ1v) is 10.1. The molecule has 0 saturated carbocycles. The minimum absolute atomic E-state index is 0.180. The van der Waals surface area contributed by atoms with Crippen molar-refractivity contribution in [2.75, 3.05) is 18.8 Å². The number of benzene rings is 2. The standard InChI is InChI=1S/C22H24N5P/c23-13-20-21(17-8-10-19(28)11-9-17)25-27(22(20)24)18-7-4-12-26(15-18)14-16-5-2-1-3-6-16/h1-3,5-6,8-11,18H,4,7,12,14-15,24,28H2. The van der Waals surface area contributed by atoms with Crippen LogP contribution in [0.25, 0.3) is 11.3 Å². The number of nitriles is 1. The summed E-state index contributed by atoms with van der Waals surface area (Å²) in [6, 6.07) is 20.9. The Balaban J connectivity index is 1.60. The van der Waals surface area contributed by atoms with Crippen molar-refractivity contribution in [3.8, 4) is 17.3 Å². The van der Waals surface area contributed by atoms with Crippen LogP contribution in [-0.4, -0.2) is 27.8 Å². The largest absolute Gasteiger partial charge is 0.383 e. The fourth-order valence-corrected chi connectivity index (χ4v) is 4.09. The van der Waals surface area contributed by atoms with Crippen LogP contribution in [0.2, 0.25) is 0 Å². The van der Waals surface area contributed by atoms with Crippen LogP contribution >= 0.6 is 9.24 Å². The third-order valence-corrected chi connectivity index (χ3v) is 5.70. The first kappa shape index (κ1) is 18.7. The van der Waals surface area contributed by atoms with Crippen LogP contribution in [0.4, 0.5) is 5.82 Å². The van der Waals surface area contributed by atoms with Crippen molar-refractivity contribution in [2.45, 2.75) is 25.4 Å². The highest BCUT2D eigenvalue weighted by Gasteiger charge is 2.26. The first-order chi connectivity index (χ1) is 13.7. The second kappa shape index (κ2) is 8.14. The number of nitrogens with two attached hydrogens (primary N) is 1. The summed E-state index contributed by atoms with van der Waals surface area (Å²) < 4.78 is 1.87. The SMILES string of the molecule is N#Cc1c(-c2ccc(P)cc2)nn(C2CCCN(Cc3ccccc3)C2)c1N. The van der Waals surface area contributed by atoms with Crippen molar-refractivity contribution < 1.29 is 0 Å². The summed E-state index contributed by atoms with van der Waals surface area (Å²) in [4.78, 5) is 2.44. The van der Waals surface area contributed by atoms with Gasteiger partial charge >= 0.3 is 0 Å². The molecule has 5 nitrogen and oxygen atoms in total. The number of aromatic nitrogens is 2. The lowest BCUT2D eigenvalue weighted by Gasteiger charge is -2.33. The molecule has 1 fully saturated rings. The van der Waals surface area contributed by atoms with Gasteiger partial charge in [0.2, 0.25) is 0 Å². The van der Waals surface area contributed by atoms with Crippen molar-refractivity contribution >= 4 is 20.4 Å². The number of rotatable bonds is 4. The van der Waals surface area contributed by atoms with Crippen LogP contribution in [0.5, 0.6) is 0 Å². The van der Waals surface area contributed by atoms with Gasteiger partial charge in [0.05, 0.1) is 6.04 Å². The van der Waals surface area contributed by atoms with E-state index in [1.54, 1.807) is 0 Å². The van der Waals surface area contributed by atoms with Crippen molar-refractivity contribution in [3.63, 3.8) is 0 Å². The van der Waals surface area contributed by atoms with E-state index in [2.05, 4.69) is 44.5 Å². The molecule has 6 heteroatoms. The molecule has 1 aliphatic rings. The highest BCUT2D eigenvalue weighted by Crippen LogP contribution is 2.31. The molecule has 0 radical (unpaired) electrons. The summed E-state index contributed by atoms with van der Waals surface area (Å²) in [7, 11) is 2.67. The van der Waals surface area contributed by atoms with Gasteiger partial charge in [0.25, 0.3) is 0 Å².